The summed E-state index contributed by atoms with van der Waals surface area (Å²) in [6.07, 6.45) is 4.98. The van der Waals surface area contributed by atoms with Crippen LogP contribution >= 0.6 is 0 Å². The third kappa shape index (κ3) is 16.9. The number of hydrogen-bond acceptors (Lipinski definition) is 4. The quantitative estimate of drug-likeness (QED) is 0.248. The van der Waals surface area contributed by atoms with Crippen molar-refractivity contribution in [2.45, 2.75) is 12.8 Å². The first kappa shape index (κ1) is 18.9. The Hall–Kier alpha value is -1.14. The van der Waals surface area contributed by atoms with E-state index in [1.165, 1.54) is 12.4 Å². The van der Waals surface area contributed by atoms with Gasteiger partial charge in [0.1, 0.15) is 13.2 Å². The molecule has 0 N–H and O–H groups in total. The van der Waals surface area contributed by atoms with E-state index in [2.05, 4.69) is 52.6 Å². The summed E-state index contributed by atoms with van der Waals surface area (Å²) in [5.74, 6) is 0. The van der Waals surface area contributed by atoms with Crippen LogP contribution in [0.4, 0.5) is 0 Å². The third-order valence-corrected chi connectivity index (χ3v) is 2.47. The van der Waals surface area contributed by atoms with Crippen LogP contribution in [0.25, 0.3) is 0 Å². The van der Waals surface area contributed by atoms with E-state index in [4.69, 9.17) is 9.68 Å². The lowest BCUT2D eigenvalue weighted by Crippen LogP contribution is -2.35. The molecular formula is C14H32N4O2+2. The summed E-state index contributed by atoms with van der Waals surface area (Å²) >= 11 is 0. The zero-order chi connectivity index (χ0) is 15.5. The number of hydrogen-bond donors (Lipinski definition) is 0. The van der Waals surface area contributed by atoms with E-state index in [0.717, 1.165) is 34.9 Å². The predicted molar refractivity (Wildman–Crippen MR) is 83.9 cm³/mol. The maximum atomic E-state index is 5.11. The van der Waals surface area contributed by atoms with Crippen molar-refractivity contribution in [2.75, 3.05) is 68.6 Å². The summed E-state index contributed by atoms with van der Waals surface area (Å²) in [6.45, 7) is 3.40. The molecule has 0 radical (unpaired) electrons. The second-order valence-electron chi connectivity index (χ2n) is 6.91. The van der Waals surface area contributed by atoms with Crippen molar-refractivity contribution in [3.63, 3.8) is 0 Å². The van der Waals surface area contributed by atoms with Crippen LogP contribution < -0.4 is 0 Å². The fourth-order valence-electron chi connectivity index (χ4n) is 1.45. The van der Waals surface area contributed by atoms with Crippen molar-refractivity contribution in [3.05, 3.63) is 0 Å². The fourth-order valence-corrected chi connectivity index (χ4v) is 1.45. The molecule has 0 saturated carbocycles. The van der Waals surface area contributed by atoms with Gasteiger partial charge in [0.2, 0.25) is 0 Å². The second kappa shape index (κ2) is 9.72. The Morgan fingerprint density at radius 2 is 1.05 bits per heavy atom. The largest absolute Gasteiger partial charge is 0.396 e. The van der Waals surface area contributed by atoms with Crippen LogP contribution in [0.2, 0.25) is 0 Å². The Balaban J connectivity index is 3.40. The minimum absolute atomic E-state index is 0.629. The average molecular weight is 288 g/mol. The van der Waals surface area contributed by atoms with Gasteiger partial charge in [-0.2, -0.15) is 0 Å². The molecule has 0 aromatic carbocycles. The molecule has 20 heavy (non-hydrogen) atoms. The molecular weight excluding hydrogens is 256 g/mol. The van der Waals surface area contributed by atoms with Crippen molar-refractivity contribution < 1.29 is 18.6 Å². The molecule has 0 bridgehead atoms. The van der Waals surface area contributed by atoms with Gasteiger partial charge < -0.3 is 18.6 Å². The van der Waals surface area contributed by atoms with Crippen LogP contribution in [0.3, 0.4) is 0 Å². The van der Waals surface area contributed by atoms with Crippen molar-refractivity contribution in [2.24, 2.45) is 10.3 Å². The standard InChI is InChI=1S/C14H32N4O2/c1-17(2,3)11-7-13-19-15-9-10-16-20-14-8-12-18(4,5)6/h9-10H,7-8,11-14H2,1-6H3/q+2/b15-9+,16-10+. The van der Waals surface area contributed by atoms with Gasteiger partial charge in [-0.15, -0.1) is 0 Å². The molecule has 118 valence electrons. The maximum Gasteiger partial charge on any atom is 0.122 e. The van der Waals surface area contributed by atoms with E-state index in [1.54, 1.807) is 0 Å². The Morgan fingerprint density at radius 3 is 1.35 bits per heavy atom. The summed E-state index contributed by atoms with van der Waals surface area (Å²) in [7, 11) is 13.0. The predicted octanol–water partition coefficient (Wildman–Crippen LogP) is 1.18. The lowest BCUT2D eigenvalue weighted by molar-refractivity contribution is -0.870. The van der Waals surface area contributed by atoms with Crippen LogP contribution in [0.15, 0.2) is 10.3 Å². The van der Waals surface area contributed by atoms with Gasteiger partial charge in [0, 0.05) is 12.8 Å². The lowest BCUT2D eigenvalue weighted by atomic mass is 10.4. The summed E-state index contributed by atoms with van der Waals surface area (Å²) in [4.78, 5) is 10.2. The van der Waals surface area contributed by atoms with Gasteiger partial charge in [-0.25, -0.2) is 0 Å². The first-order valence-electron chi connectivity index (χ1n) is 7.11. The van der Waals surface area contributed by atoms with Crippen molar-refractivity contribution >= 4 is 12.4 Å². The number of quaternary nitrogens is 2. The molecule has 0 rings (SSSR count). The molecule has 6 heteroatoms. The van der Waals surface area contributed by atoms with Gasteiger partial charge in [-0.3, -0.25) is 0 Å². The smallest absolute Gasteiger partial charge is 0.122 e. The highest BCUT2D eigenvalue weighted by Gasteiger charge is 2.05. The Labute approximate surface area is 123 Å². The van der Waals surface area contributed by atoms with Gasteiger partial charge in [0.05, 0.1) is 67.8 Å². The minimum Gasteiger partial charge on any atom is -0.396 e. The SMILES string of the molecule is C[N+](C)(C)CCCO/N=C/C=N/OCCC[N+](C)(C)C. The molecule has 0 heterocycles. The zero-order valence-electron chi connectivity index (χ0n) is 14.0. The first-order chi connectivity index (χ1) is 9.21. The molecule has 0 spiro atoms. The normalized spacial score (nSPS) is 13.3. The van der Waals surface area contributed by atoms with Gasteiger partial charge in [-0.1, -0.05) is 10.3 Å². The van der Waals surface area contributed by atoms with Crippen LogP contribution in [0.1, 0.15) is 12.8 Å². The lowest BCUT2D eigenvalue weighted by Gasteiger charge is -2.23. The summed E-state index contributed by atoms with van der Waals surface area (Å²) in [6, 6.07) is 0. The van der Waals surface area contributed by atoms with Gasteiger partial charge in [0.15, 0.2) is 0 Å². The summed E-state index contributed by atoms with van der Waals surface area (Å²) in [5, 5.41) is 7.57. The van der Waals surface area contributed by atoms with Crippen LogP contribution in [0, 0.1) is 0 Å². The fraction of sp³-hybridized carbons (Fsp3) is 0.857. The van der Waals surface area contributed by atoms with Crippen molar-refractivity contribution in [1.29, 1.82) is 0 Å². The maximum absolute atomic E-state index is 5.11. The highest BCUT2D eigenvalue weighted by molar-refractivity contribution is 6.15. The zero-order valence-corrected chi connectivity index (χ0v) is 14.0. The molecule has 0 aliphatic rings. The summed E-state index contributed by atoms with van der Waals surface area (Å²) in [5.41, 5.74) is 0. The molecule has 0 aromatic rings. The van der Waals surface area contributed by atoms with Crippen LogP contribution in [0.5, 0.6) is 0 Å². The van der Waals surface area contributed by atoms with E-state index < -0.39 is 0 Å². The van der Waals surface area contributed by atoms with E-state index in [0.29, 0.717) is 13.2 Å². The van der Waals surface area contributed by atoms with E-state index in [-0.39, 0.29) is 0 Å². The first-order valence-corrected chi connectivity index (χ1v) is 7.11. The molecule has 0 unspecified atom stereocenters. The molecule has 0 aromatic heterocycles. The van der Waals surface area contributed by atoms with E-state index >= 15 is 0 Å². The molecule has 0 amide bonds. The highest BCUT2D eigenvalue weighted by Crippen LogP contribution is 1.94. The van der Waals surface area contributed by atoms with E-state index in [9.17, 15) is 0 Å². The number of nitrogens with zero attached hydrogens (tertiary/aromatic N) is 4. The average Bonchev–Trinajstić information content (AvgIpc) is 2.27. The van der Waals surface area contributed by atoms with Crippen LogP contribution in [-0.2, 0) is 9.68 Å². The minimum atomic E-state index is 0.629. The second-order valence-corrected chi connectivity index (χ2v) is 6.91. The van der Waals surface area contributed by atoms with Crippen LogP contribution in [-0.4, -0.2) is 90.0 Å². The molecule has 0 atom stereocenters. The molecule has 0 aliphatic heterocycles. The molecule has 0 fully saturated rings. The Morgan fingerprint density at radius 1 is 0.700 bits per heavy atom. The summed E-state index contributed by atoms with van der Waals surface area (Å²) < 4.78 is 1.88. The molecule has 0 saturated heterocycles. The number of rotatable bonds is 11. The van der Waals surface area contributed by atoms with Crippen molar-refractivity contribution in [3.8, 4) is 0 Å². The van der Waals surface area contributed by atoms with Gasteiger partial charge in [-0.05, 0) is 0 Å². The monoisotopic (exact) mass is 288 g/mol. The van der Waals surface area contributed by atoms with E-state index in [1.807, 2.05) is 0 Å². The third-order valence-electron chi connectivity index (χ3n) is 2.47. The molecule has 0 aliphatic carbocycles. The Kier molecular flexibility index (Phi) is 9.16. The topological polar surface area (TPSA) is 43.2 Å². The number of oxime groups is 2. The molecule has 6 nitrogen and oxygen atoms in total. The van der Waals surface area contributed by atoms with Gasteiger partial charge in [0.25, 0.3) is 0 Å². The highest BCUT2D eigenvalue weighted by atomic mass is 16.6. The Bertz CT molecular complexity index is 261. The van der Waals surface area contributed by atoms with Crippen molar-refractivity contribution in [1.82, 2.24) is 0 Å². The van der Waals surface area contributed by atoms with Gasteiger partial charge >= 0.3 is 0 Å².